The van der Waals surface area contributed by atoms with Gasteiger partial charge in [0.2, 0.25) is 0 Å². The van der Waals surface area contributed by atoms with Crippen molar-refractivity contribution in [3.8, 4) is 0 Å². The summed E-state index contributed by atoms with van der Waals surface area (Å²) in [5, 5.41) is 13.6. The van der Waals surface area contributed by atoms with E-state index in [4.69, 9.17) is 4.74 Å². The Morgan fingerprint density at radius 1 is 1.03 bits per heavy atom. The Hall–Kier alpha value is -2.01. The summed E-state index contributed by atoms with van der Waals surface area (Å²) >= 11 is 0. The number of ether oxygens (including phenoxy) is 1. The number of aliphatic hydroxyl groups excluding tert-OH is 1. The maximum absolute atomic E-state index is 12.6. The highest BCUT2D eigenvalue weighted by atomic mass is 16.5. The van der Waals surface area contributed by atoms with Crippen LogP contribution in [0.1, 0.15) is 48.5 Å². The van der Waals surface area contributed by atoms with E-state index < -0.39 is 6.10 Å². The number of Topliss-reactive ketones (excluding diaryl/α,β-unsaturated/α-hetero) is 1. The van der Waals surface area contributed by atoms with Gasteiger partial charge in [-0.1, -0.05) is 60.7 Å². The molecule has 29 heavy (non-hydrogen) atoms. The summed E-state index contributed by atoms with van der Waals surface area (Å²) in [6.45, 7) is 2.99. The largest absolute Gasteiger partial charge is 0.389 e. The number of rotatable bonds is 10. The zero-order valence-electron chi connectivity index (χ0n) is 17.3. The van der Waals surface area contributed by atoms with Gasteiger partial charge in [0.05, 0.1) is 18.8 Å². The predicted molar refractivity (Wildman–Crippen MR) is 116 cm³/mol. The van der Waals surface area contributed by atoms with Crippen molar-refractivity contribution in [2.75, 3.05) is 13.2 Å². The van der Waals surface area contributed by atoms with E-state index in [1.54, 1.807) is 0 Å². The molecular formula is C25H33NO3. The van der Waals surface area contributed by atoms with Crippen molar-refractivity contribution in [2.24, 2.45) is 5.92 Å². The third-order valence-corrected chi connectivity index (χ3v) is 5.71. The number of carbonyl (C=O) groups excluding carboxylic acids is 1. The van der Waals surface area contributed by atoms with Crippen LogP contribution in [0.15, 0.2) is 60.7 Å². The first-order valence-corrected chi connectivity index (χ1v) is 10.8. The van der Waals surface area contributed by atoms with Crippen LogP contribution < -0.4 is 5.32 Å². The molecule has 2 aromatic rings. The molecule has 2 N–H and O–H groups in total. The van der Waals surface area contributed by atoms with E-state index >= 15 is 0 Å². The monoisotopic (exact) mass is 395 g/mol. The second kappa shape index (κ2) is 11.2. The molecule has 1 fully saturated rings. The predicted octanol–water partition coefficient (Wildman–Crippen LogP) is 4.03. The molecule has 0 radical (unpaired) electrons. The number of hydrogen-bond donors (Lipinski definition) is 2. The second-order valence-electron chi connectivity index (χ2n) is 8.19. The summed E-state index contributed by atoms with van der Waals surface area (Å²) in [7, 11) is 0. The Kier molecular flexibility index (Phi) is 8.41. The Labute approximate surface area is 174 Å². The number of aliphatic hydroxyl groups is 1. The molecule has 1 aliphatic carbocycles. The smallest absolute Gasteiger partial charge is 0.165 e. The second-order valence-corrected chi connectivity index (χ2v) is 8.19. The van der Waals surface area contributed by atoms with E-state index in [1.165, 1.54) is 5.56 Å². The third-order valence-electron chi connectivity index (χ3n) is 5.71. The quantitative estimate of drug-likeness (QED) is 0.597. The third kappa shape index (κ3) is 7.07. The van der Waals surface area contributed by atoms with Gasteiger partial charge in [-0.2, -0.15) is 0 Å². The van der Waals surface area contributed by atoms with E-state index in [0.717, 1.165) is 37.7 Å². The molecule has 4 nitrogen and oxygen atoms in total. The van der Waals surface area contributed by atoms with Gasteiger partial charge in [0.15, 0.2) is 5.78 Å². The van der Waals surface area contributed by atoms with Crippen LogP contribution in [0.25, 0.3) is 0 Å². The van der Waals surface area contributed by atoms with Crippen molar-refractivity contribution in [1.29, 1.82) is 0 Å². The van der Waals surface area contributed by atoms with E-state index in [-0.39, 0.29) is 17.8 Å². The standard InChI is InChI=1S/C25H33NO3/c1-19(16-20-8-4-2-5-9-20)26-17-23(27)18-29-24-14-12-22(13-15-24)25(28)21-10-6-3-7-11-21/h2-11,19,22-24,26-27H,12-18H2,1H3. The van der Waals surface area contributed by atoms with E-state index in [9.17, 15) is 9.90 Å². The minimum atomic E-state index is -0.517. The lowest BCUT2D eigenvalue weighted by molar-refractivity contribution is -0.0278. The van der Waals surface area contributed by atoms with Crippen molar-refractivity contribution in [1.82, 2.24) is 5.32 Å². The molecule has 156 valence electrons. The molecule has 1 saturated carbocycles. The van der Waals surface area contributed by atoms with Crippen LogP contribution in [-0.4, -0.2) is 42.3 Å². The van der Waals surface area contributed by atoms with Crippen LogP contribution >= 0.6 is 0 Å². The summed E-state index contributed by atoms with van der Waals surface area (Å²) in [6, 6.07) is 20.2. The minimum Gasteiger partial charge on any atom is -0.389 e. The Morgan fingerprint density at radius 3 is 2.31 bits per heavy atom. The highest BCUT2D eigenvalue weighted by Crippen LogP contribution is 2.29. The van der Waals surface area contributed by atoms with Gasteiger partial charge < -0.3 is 15.2 Å². The van der Waals surface area contributed by atoms with Gasteiger partial charge in [0.25, 0.3) is 0 Å². The van der Waals surface area contributed by atoms with Crippen molar-refractivity contribution in [2.45, 2.75) is 57.3 Å². The zero-order valence-corrected chi connectivity index (χ0v) is 17.3. The minimum absolute atomic E-state index is 0.0997. The fraction of sp³-hybridized carbons (Fsp3) is 0.480. The maximum atomic E-state index is 12.6. The zero-order chi connectivity index (χ0) is 20.5. The summed E-state index contributed by atoms with van der Waals surface area (Å²) in [4.78, 5) is 12.6. The fourth-order valence-corrected chi connectivity index (χ4v) is 4.01. The molecule has 2 aromatic carbocycles. The van der Waals surface area contributed by atoms with Crippen LogP contribution in [0.3, 0.4) is 0 Å². The van der Waals surface area contributed by atoms with Crippen molar-refractivity contribution < 1.29 is 14.6 Å². The molecule has 1 aliphatic rings. The van der Waals surface area contributed by atoms with Gasteiger partial charge in [-0.25, -0.2) is 0 Å². The SMILES string of the molecule is CC(Cc1ccccc1)NCC(O)COC1CCC(C(=O)c2ccccc2)CC1. The number of benzene rings is 2. The van der Waals surface area contributed by atoms with Gasteiger partial charge >= 0.3 is 0 Å². The molecule has 0 saturated heterocycles. The average molecular weight is 396 g/mol. The lowest BCUT2D eigenvalue weighted by Crippen LogP contribution is -2.38. The summed E-state index contributed by atoms with van der Waals surface area (Å²) < 4.78 is 5.93. The van der Waals surface area contributed by atoms with Gasteiger partial charge in [0.1, 0.15) is 0 Å². The van der Waals surface area contributed by atoms with E-state index in [1.807, 2.05) is 48.5 Å². The molecule has 0 amide bonds. The maximum Gasteiger partial charge on any atom is 0.165 e. The molecule has 0 aromatic heterocycles. The fourth-order valence-electron chi connectivity index (χ4n) is 4.01. The molecule has 4 heteroatoms. The Bertz CT molecular complexity index is 726. The lowest BCUT2D eigenvalue weighted by atomic mass is 9.82. The van der Waals surface area contributed by atoms with Gasteiger partial charge in [-0.3, -0.25) is 4.79 Å². The number of nitrogens with one attached hydrogen (secondary N) is 1. The first-order chi connectivity index (χ1) is 14.1. The molecular weight excluding hydrogens is 362 g/mol. The molecule has 3 rings (SSSR count). The van der Waals surface area contributed by atoms with Crippen molar-refractivity contribution in [3.05, 3.63) is 71.8 Å². The first kappa shape index (κ1) is 21.7. The highest BCUT2D eigenvalue weighted by molar-refractivity contribution is 5.97. The molecule has 0 aliphatic heterocycles. The van der Waals surface area contributed by atoms with Crippen LogP contribution in [0, 0.1) is 5.92 Å². The van der Waals surface area contributed by atoms with Gasteiger partial charge in [0, 0.05) is 24.1 Å². The van der Waals surface area contributed by atoms with Crippen LogP contribution in [0.2, 0.25) is 0 Å². The Balaban J connectivity index is 1.31. The van der Waals surface area contributed by atoms with Crippen LogP contribution in [0.4, 0.5) is 0 Å². The molecule has 0 heterocycles. The molecule has 0 bridgehead atoms. The van der Waals surface area contributed by atoms with Crippen LogP contribution in [0.5, 0.6) is 0 Å². The van der Waals surface area contributed by atoms with E-state index in [0.29, 0.717) is 19.2 Å². The van der Waals surface area contributed by atoms with Crippen LogP contribution in [-0.2, 0) is 11.2 Å². The Morgan fingerprint density at radius 2 is 1.66 bits per heavy atom. The van der Waals surface area contributed by atoms with Crippen molar-refractivity contribution in [3.63, 3.8) is 0 Å². The highest BCUT2D eigenvalue weighted by Gasteiger charge is 2.27. The van der Waals surface area contributed by atoms with Crippen molar-refractivity contribution >= 4 is 5.78 Å². The molecule has 0 spiro atoms. The number of ketones is 1. The van der Waals surface area contributed by atoms with Gasteiger partial charge in [-0.15, -0.1) is 0 Å². The summed E-state index contributed by atoms with van der Waals surface area (Å²) in [6.07, 6.45) is 4.06. The number of hydrogen-bond acceptors (Lipinski definition) is 4. The normalized spacial score (nSPS) is 21.4. The first-order valence-electron chi connectivity index (χ1n) is 10.8. The lowest BCUT2D eigenvalue weighted by Gasteiger charge is -2.28. The average Bonchev–Trinajstić information content (AvgIpc) is 2.77. The van der Waals surface area contributed by atoms with E-state index in [2.05, 4.69) is 24.4 Å². The number of carbonyl (C=O) groups is 1. The topological polar surface area (TPSA) is 58.6 Å². The van der Waals surface area contributed by atoms with Gasteiger partial charge in [-0.05, 0) is 44.6 Å². The molecule has 2 atom stereocenters. The summed E-state index contributed by atoms with van der Waals surface area (Å²) in [5.74, 6) is 0.350. The summed E-state index contributed by atoms with van der Waals surface area (Å²) in [5.41, 5.74) is 2.10. The molecule has 2 unspecified atom stereocenters.